The molecule has 2 heterocycles. The van der Waals surface area contributed by atoms with Crippen molar-refractivity contribution in [2.45, 2.75) is 36.9 Å². The number of benzene rings is 1. The van der Waals surface area contributed by atoms with Crippen LogP contribution in [0.4, 0.5) is 5.13 Å². The first-order chi connectivity index (χ1) is 12.5. The molecule has 0 unspecified atom stereocenters. The van der Waals surface area contributed by atoms with Crippen LogP contribution in [0, 0.1) is 0 Å². The van der Waals surface area contributed by atoms with Crippen LogP contribution in [0.3, 0.4) is 0 Å². The van der Waals surface area contributed by atoms with Crippen molar-refractivity contribution < 1.29 is 13.2 Å². The fourth-order valence-corrected chi connectivity index (χ4v) is 7.24. The third-order valence-electron chi connectivity index (χ3n) is 5.52. The highest BCUT2D eigenvalue weighted by Crippen LogP contribution is 2.38. The van der Waals surface area contributed by atoms with E-state index < -0.39 is 14.6 Å². The van der Waals surface area contributed by atoms with Gasteiger partial charge in [-0.25, -0.2) is 13.4 Å². The summed E-state index contributed by atoms with van der Waals surface area (Å²) in [5.74, 6) is 0.0239. The van der Waals surface area contributed by atoms with Crippen molar-refractivity contribution in [3.05, 3.63) is 24.3 Å². The Bertz CT molecular complexity index is 884. The number of aromatic nitrogens is 1. The van der Waals surface area contributed by atoms with E-state index in [0.29, 0.717) is 18.2 Å². The summed E-state index contributed by atoms with van der Waals surface area (Å²) >= 11 is 1.45. The lowest BCUT2D eigenvalue weighted by Crippen LogP contribution is -2.58. The number of anilines is 1. The lowest BCUT2D eigenvalue weighted by atomic mass is 9.87. The summed E-state index contributed by atoms with van der Waals surface area (Å²) in [5.41, 5.74) is 0.873. The third kappa shape index (κ3) is 3.37. The Morgan fingerprint density at radius 2 is 2.00 bits per heavy atom. The van der Waals surface area contributed by atoms with Crippen LogP contribution in [0.25, 0.3) is 10.2 Å². The Labute approximate surface area is 157 Å². The Morgan fingerprint density at radius 1 is 1.23 bits per heavy atom. The molecule has 0 atom stereocenters. The molecular formula is C18H23N3O3S2. The van der Waals surface area contributed by atoms with Gasteiger partial charge in [0.1, 0.15) is 0 Å². The monoisotopic (exact) mass is 393 g/mol. The number of hydrogen-bond donors (Lipinski definition) is 1. The lowest BCUT2D eigenvalue weighted by molar-refractivity contribution is -0.117. The summed E-state index contributed by atoms with van der Waals surface area (Å²) in [7, 11) is -3.07. The topological polar surface area (TPSA) is 79.4 Å². The van der Waals surface area contributed by atoms with E-state index in [1.165, 1.54) is 11.3 Å². The molecule has 1 amide bonds. The third-order valence-corrected chi connectivity index (χ3v) is 9.05. The molecule has 1 spiro atoms. The molecule has 1 aromatic carbocycles. The zero-order valence-electron chi connectivity index (χ0n) is 14.6. The van der Waals surface area contributed by atoms with Gasteiger partial charge in [0.2, 0.25) is 5.91 Å². The molecule has 8 heteroatoms. The number of sulfone groups is 1. The standard InChI is InChI=1S/C18H23N3O3S2/c22-16(20-17-19-14-6-2-3-7-15(14)25-17)12-21-10-11-26(23,24)18(13-21)8-4-1-5-9-18/h2-3,6-7H,1,4-5,8-13H2,(H,19,20,22). The maximum absolute atomic E-state index is 12.6. The Morgan fingerprint density at radius 3 is 2.77 bits per heavy atom. The van der Waals surface area contributed by atoms with Crippen molar-refractivity contribution in [1.29, 1.82) is 0 Å². The molecule has 4 rings (SSSR count). The van der Waals surface area contributed by atoms with E-state index in [9.17, 15) is 13.2 Å². The highest BCUT2D eigenvalue weighted by Gasteiger charge is 2.48. The van der Waals surface area contributed by atoms with E-state index in [1.807, 2.05) is 29.2 Å². The highest BCUT2D eigenvalue weighted by atomic mass is 32.2. The molecule has 2 aromatic rings. The Balaban J connectivity index is 1.42. The fraction of sp³-hybridized carbons (Fsp3) is 0.556. The number of rotatable bonds is 3. The van der Waals surface area contributed by atoms with Crippen molar-refractivity contribution in [2.75, 3.05) is 30.7 Å². The van der Waals surface area contributed by atoms with Crippen LogP contribution >= 0.6 is 11.3 Å². The van der Waals surface area contributed by atoms with Crippen LogP contribution in [0.5, 0.6) is 0 Å². The van der Waals surface area contributed by atoms with Gasteiger partial charge in [-0.2, -0.15) is 0 Å². The SMILES string of the molecule is O=C(CN1CCS(=O)(=O)C2(CCCCC2)C1)Nc1nc2ccccc2s1. The first kappa shape index (κ1) is 17.9. The second-order valence-corrected chi connectivity index (χ2v) is 10.8. The number of carbonyl (C=O) groups is 1. The van der Waals surface area contributed by atoms with Crippen LogP contribution in [-0.4, -0.2) is 54.3 Å². The molecule has 1 aliphatic heterocycles. The van der Waals surface area contributed by atoms with Gasteiger partial charge in [-0.15, -0.1) is 0 Å². The van der Waals surface area contributed by atoms with E-state index in [-0.39, 0.29) is 18.2 Å². The van der Waals surface area contributed by atoms with Crippen LogP contribution in [-0.2, 0) is 14.6 Å². The van der Waals surface area contributed by atoms with Gasteiger partial charge in [0.05, 0.1) is 27.3 Å². The number of fused-ring (bicyclic) bond motifs is 1. The molecule has 1 saturated carbocycles. The molecule has 1 saturated heterocycles. The van der Waals surface area contributed by atoms with Gasteiger partial charge in [0, 0.05) is 13.1 Å². The van der Waals surface area contributed by atoms with Gasteiger partial charge in [-0.05, 0) is 25.0 Å². The van der Waals surface area contributed by atoms with Crippen molar-refractivity contribution in [2.24, 2.45) is 0 Å². The Hall–Kier alpha value is -1.51. The van der Waals surface area contributed by atoms with E-state index in [2.05, 4.69) is 10.3 Å². The van der Waals surface area contributed by atoms with Crippen LogP contribution in [0.2, 0.25) is 0 Å². The zero-order chi connectivity index (χ0) is 18.2. The summed E-state index contributed by atoms with van der Waals surface area (Å²) in [5, 5.41) is 3.46. The molecular weight excluding hydrogens is 370 g/mol. The number of nitrogens with one attached hydrogen (secondary N) is 1. The van der Waals surface area contributed by atoms with Crippen LogP contribution in [0.1, 0.15) is 32.1 Å². The van der Waals surface area contributed by atoms with E-state index in [0.717, 1.165) is 42.3 Å². The second-order valence-electron chi connectivity index (χ2n) is 7.31. The number of nitrogens with zero attached hydrogens (tertiary/aromatic N) is 2. The van der Waals surface area contributed by atoms with E-state index in [4.69, 9.17) is 0 Å². The maximum Gasteiger partial charge on any atom is 0.240 e. The normalized spacial score (nSPS) is 22.5. The van der Waals surface area contributed by atoms with E-state index >= 15 is 0 Å². The summed E-state index contributed by atoms with van der Waals surface area (Å²) in [4.78, 5) is 18.9. The minimum Gasteiger partial charge on any atom is -0.301 e. The molecule has 1 aliphatic carbocycles. The smallest absolute Gasteiger partial charge is 0.240 e. The van der Waals surface area contributed by atoms with Crippen molar-refractivity contribution in [1.82, 2.24) is 9.88 Å². The number of hydrogen-bond acceptors (Lipinski definition) is 6. The quantitative estimate of drug-likeness (QED) is 0.867. The lowest BCUT2D eigenvalue weighted by Gasteiger charge is -2.44. The maximum atomic E-state index is 12.6. The average molecular weight is 394 g/mol. The number of amides is 1. The fourth-order valence-electron chi connectivity index (χ4n) is 4.14. The predicted octanol–water partition coefficient (Wildman–Crippen LogP) is 2.67. The van der Waals surface area contributed by atoms with Gasteiger partial charge >= 0.3 is 0 Å². The van der Waals surface area contributed by atoms with Crippen molar-refractivity contribution >= 4 is 42.4 Å². The summed E-state index contributed by atoms with van der Waals surface area (Å²) in [6.45, 7) is 1.12. The molecule has 1 N–H and O–H groups in total. The van der Waals surface area contributed by atoms with Crippen molar-refractivity contribution in [3.8, 4) is 0 Å². The van der Waals surface area contributed by atoms with Gasteiger partial charge in [-0.3, -0.25) is 9.69 Å². The molecule has 0 radical (unpaired) electrons. The highest BCUT2D eigenvalue weighted by molar-refractivity contribution is 7.92. The number of thiazole rings is 1. The molecule has 6 nitrogen and oxygen atoms in total. The van der Waals surface area contributed by atoms with Crippen LogP contribution < -0.4 is 5.32 Å². The molecule has 140 valence electrons. The summed E-state index contributed by atoms with van der Waals surface area (Å²) in [6.07, 6.45) is 4.49. The first-order valence-electron chi connectivity index (χ1n) is 9.08. The molecule has 26 heavy (non-hydrogen) atoms. The summed E-state index contributed by atoms with van der Waals surface area (Å²) in [6, 6.07) is 7.77. The number of carbonyl (C=O) groups excluding carboxylic acids is 1. The summed E-state index contributed by atoms with van der Waals surface area (Å²) < 4.78 is 25.7. The van der Waals surface area contributed by atoms with Crippen molar-refractivity contribution in [3.63, 3.8) is 0 Å². The average Bonchev–Trinajstić information content (AvgIpc) is 3.01. The zero-order valence-corrected chi connectivity index (χ0v) is 16.2. The predicted molar refractivity (Wildman–Crippen MR) is 104 cm³/mol. The van der Waals surface area contributed by atoms with Crippen LogP contribution in [0.15, 0.2) is 24.3 Å². The van der Waals surface area contributed by atoms with Gasteiger partial charge in [0.15, 0.2) is 15.0 Å². The molecule has 1 aromatic heterocycles. The number of para-hydroxylation sites is 1. The van der Waals surface area contributed by atoms with Gasteiger partial charge in [0.25, 0.3) is 0 Å². The van der Waals surface area contributed by atoms with Gasteiger partial charge < -0.3 is 5.32 Å². The minimum atomic E-state index is -3.07. The molecule has 2 aliphatic rings. The van der Waals surface area contributed by atoms with E-state index in [1.54, 1.807) is 0 Å². The molecule has 2 fully saturated rings. The Kier molecular flexibility index (Phi) is 4.75. The largest absolute Gasteiger partial charge is 0.301 e. The van der Waals surface area contributed by atoms with Gasteiger partial charge in [-0.1, -0.05) is 42.7 Å². The molecule has 0 bridgehead atoms. The minimum absolute atomic E-state index is 0.130. The second kappa shape index (κ2) is 6.90. The first-order valence-corrected chi connectivity index (χ1v) is 11.5.